The first kappa shape index (κ1) is 20.1. The van der Waals surface area contributed by atoms with Crippen LogP contribution in [0.1, 0.15) is 22.4 Å². The number of aliphatic imine (C=N–C) groups is 1. The lowest BCUT2D eigenvalue weighted by atomic mass is 9.77. The van der Waals surface area contributed by atoms with Crippen LogP contribution in [0.15, 0.2) is 109 Å². The highest BCUT2D eigenvalue weighted by atomic mass is 15.2. The first-order chi connectivity index (χ1) is 15.9. The van der Waals surface area contributed by atoms with Crippen molar-refractivity contribution in [2.24, 2.45) is 4.99 Å². The van der Waals surface area contributed by atoms with Crippen molar-refractivity contribution >= 4 is 5.96 Å². The van der Waals surface area contributed by atoms with Gasteiger partial charge in [-0.25, -0.2) is 4.98 Å². The van der Waals surface area contributed by atoms with E-state index in [9.17, 15) is 0 Å². The third-order valence-corrected chi connectivity index (χ3v) is 5.95. The van der Waals surface area contributed by atoms with Gasteiger partial charge in [0.2, 0.25) is 0 Å². The van der Waals surface area contributed by atoms with Crippen LogP contribution < -0.4 is 10.6 Å². The Morgan fingerprint density at radius 2 is 1.38 bits per heavy atom. The number of benzene rings is 3. The van der Waals surface area contributed by atoms with Crippen molar-refractivity contribution in [3.05, 3.63) is 126 Å². The molecule has 4 aromatic rings. The summed E-state index contributed by atoms with van der Waals surface area (Å²) in [5.41, 5.74) is 4.12. The summed E-state index contributed by atoms with van der Waals surface area (Å²) in [5.74, 6) is 0.886. The monoisotopic (exact) mass is 421 g/mol. The van der Waals surface area contributed by atoms with E-state index in [1.165, 1.54) is 16.7 Å². The Bertz CT molecular complexity index is 1070. The maximum atomic E-state index is 4.79. The Hall–Kier alpha value is -3.86. The van der Waals surface area contributed by atoms with Gasteiger partial charge in [-0.1, -0.05) is 91.0 Å². The van der Waals surface area contributed by atoms with Gasteiger partial charge in [-0.05, 0) is 16.7 Å². The third-order valence-electron chi connectivity index (χ3n) is 5.95. The van der Waals surface area contributed by atoms with E-state index in [4.69, 9.17) is 4.98 Å². The van der Waals surface area contributed by atoms with Crippen LogP contribution in [-0.4, -0.2) is 35.1 Å². The Kier molecular flexibility index (Phi) is 5.71. The summed E-state index contributed by atoms with van der Waals surface area (Å²) in [4.78, 5) is 9.18. The lowest BCUT2D eigenvalue weighted by molar-refractivity contribution is 0.514. The van der Waals surface area contributed by atoms with Gasteiger partial charge >= 0.3 is 0 Å². The molecule has 0 unspecified atom stereocenters. The zero-order valence-electron chi connectivity index (χ0n) is 18.0. The molecule has 1 aromatic heterocycles. The van der Waals surface area contributed by atoms with Crippen LogP contribution in [0.4, 0.5) is 0 Å². The normalized spacial score (nSPS) is 13.4. The second-order valence-electron chi connectivity index (χ2n) is 7.91. The molecule has 3 aromatic carbocycles. The Morgan fingerprint density at radius 3 is 1.88 bits per heavy atom. The molecule has 160 valence electrons. The maximum Gasteiger partial charge on any atom is 0.191 e. The van der Waals surface area contributed by atoms with Crippen LogP contribution in [0.3, 0.4) is 0 Å². The minimum atomic E-state index is -0.514. The molecule has 0 aliphatic carbocycles. The molecule has 5 nitrogen and oxygen atoms in total. The topological polar surface area (TPSA) is 54.2 Å². The highest BCUT2D eigenvalue weighted by Crippen LogP contribution is 2.40. The van der Waals surface area contributed by atoms with Crippen LogP contribution in [-0.2, 0) is 12.0 Å². The van der Waals surface area contributed by atoms with Gasteiger partial charge in [0.1, 0.15) is 5.54 Å². The van der Waals surface area contributed by atoms with Crippen molar-refractivity contribution in [3.8, 4) is 0 Å². The molecule has 5 rings (SSSR count). The van der Waals surface area contributed by atoms with E-state index in [1.54, 1.807) is 0 Å². The molecule has 0 fully saturated rings. The smallest absolute Gasteiger partial charge is 0.191 e. The molecule has 2 heterocycles. The fraction of sp³-hybridized carbons (Fsp3) is 0.185. The van der Waals surface area contributed by atoms with Crippen LogP contribution in [0.5, 0.6) is 0 Å². The SMILES string of the molecule is c1ccc(C(c2ccccc2)(c2ccccc2)n2cnc(CCNC3=NCCN3)c2)cc1. The van der Waals surface area contributed by atoms with E-state index in [2.05, 4.69) is 117 Å². The Balaban J connectivity index is 1.58. The molecular weight excluding hydrogens is 394 g/mol. The van der Waals surface area contributed by atoms with Crippen molar-refractivity contribution in [3.63, 3.8) is 0 Å². The minimum Gasteiger partial charge on any atom is -0.356 e. The summed E-state index contributed by atoms with van der Waals surface area (Å²) < 4.78 is 2.26. The molecule has 32 heavy (non-hydrogen) atoms. The summed E-state index contributed by atoms with van der Waals surface area (Å²) >= 11 is 0. The summed E-state index contributed by atoms with van der Waals surface area (Å²) in [6.45, 7) is 2.53. The van der Waals surface area contributed by atoms with E-state index < -0.39 is 5.54 Å². The van der Waals surface area contributed by atoms with Gasteiger partial charge in [0.25, 0.3) is 0 Å². The number of guanidine groups is 1. The molecule has 1 aliphatic heterocycles. The average molecular weight is 422 g/mol. The highest BCUT2D eigenvalue weighted by Gasteiger charge is 2.38. The van der Waals surface area contributed by atoms with Crippen LogP contribution in [0.2, 0.25) is 0 Å². The molecule has 0 radical (unpaired) electrons. The fourth-order valence-electron chi connectivity index (χ4n) is 4.49. The summed E-state index contributed by atoms with van der Waals surface area (Å²) in [6.07, 6.45) is 4.97. The number of hydrogen-bond acceptors (Lipinski definition) is 4. The predicted molar refractivity (Wildman–Crippen MR) is 129 cm³/mol. The van der Waals surface area contributed by atoms with Crippen molar-refractivity contribution in [2.45, 2.75) is 12.0 Å². The number of imidazole rings is 1. The maximum absolute atomic E-state index is 4.79. The third kappa shape index (κ3) is 3.78. The van der Waals surface area contributed by atoms with E-state index in [0.717, 1.165) is 37.7 Å². The average Bonchev–Trinajstić information content (AvgIpc) is 3.55. The van der Waals surface area contributed by atoms with Gasteiger partial charge in [-0.3, -0.25) is 4.99 Å². The first-order valence-electron chi connectivity index (χ1n) is 11.1. The van der Waals surface area contributed by atoms with Gasteiger partial charge in [-0.15, -0.1) is 0 Å². The van der Waals surface area contributed by atoms with Gasteiger partial charge in [0, 0.05) is 25.7 Å². The molecule has 0 atom stereocenters. The van der Waals surface area contributed by atoms with Crippen LogP contribution in [0.25, 0.3) is 0 Å². The molecule has 0 spiro atoms. The number of aromatic nitrogens is 2. The van der Waals surface area contributed by atoms with E-state index >= 15 is 0 Å². The number of nitrogens with one attached hydrogen (secondary N) is 2. The minimum absolute atomic E-state index is 0.514. The molecule has 2 N–H and O–H groups in total. The van der Waals surface area contributed by atoms with Gasteiger partial charge in [-0.2, -0.15) is 0 Å². The zero-order chi connectivity index (χ0) is 21.6. The predicted octanol–water partition coefficient (Wildman–Crippen LogP) is 3.81. The second kappa shape index (κ2) is 9.10. The van der Waals surface area contributed by atoms with Crippen molar-refractivity contribution < 1.29 is 0 Å². The molecule has 1 aliphatic rings. The zero-order valence-corrected chi connectivity index (χ0v) is 18.0. The molecule has 0 amide bonds. The summed E-state index contributed by atoms with van der Waals surface area (Å²) in [5, 5.41) is 6.61. The molecular formula is C27H27N5. The van der Waals surface area contributed by atoms with Crippen molar-refractivity contribution in [1.29, 1.82) is 0 Å². The molecule has 0 bridgehead atoms. The lowest BCUT2D eigenvalue weighted by Crippen LogP contribution is -2.37. The number of rotatable bonds is 7. The molecule has 0 saturated heterocycles. The van der Waals surface area contributed by atoms with E-state index in [1.807, 2.05) is 6.33 Å². The highest BCUT2D eigenvalue weighted by molar-refractivity contribution is 5.81. The quantitative estimate of drug-likeness (QED) is 0.446. The van der Waals surface area contributed by atoms with E-state index in [-0.39, 0.29) is 0 Å². The Morgan fingerprint density at radius 1 is 0.812 bits per heavy atom. The standard InChI is InChI=1S/C27H27N5/c1-4-10-22(11-5-1)27(23-12-6-2-7-13-23,24-14-8-3-9-15-24)32-20-25(31-21-32)16-17-28-26-29-18-19-30-26/h1-15,20-21H,16-19H2,(H2,28,29,30). The fourth-order valence-corrected chi connectivity index (χ4v) is 4.49. The van der Waals surface area contributed by atoms with Gasteiger partial charge < -0.3 is 15.2 Å². The van der Waals surface area contributed by atoms with Crippen molar-refractivity contribution in [1.82, 2.24) is 20.2 Å². The van der Waals surface area contributed by atoms with Gasteiger partial charge in [0.15, 0.2) is 5.96 Å². The number of nitrogens with zero attached hydrogens (tertiary/aromatic N) is 3. The van der Waals surface area contributed by atoms with Crippen molar-refractivity contribution in [2.75, 3.05) is 19.6 Å². The molecule has 5 heteroatoms. The first-order valence-corrected chi connectivity index (χ1v) is 11.1. The second-order valence-corrected chi connectivity index (χ2v) is 7.91. The lowest BCUT2D eigenvalue weighted by Gasteiger charge is -2.37. The number of hydrogen-bond donors (Lipinski definition) is 2. The van der Waals surface area contributed by atoms with Gasteiger partial charge in [0.05, 0.1) is 18.6 Å². The summed E-state index contributed by atoms with van der Waals surface area (Å²) in [6, 6.07) is 32.0. The summed E-state index contributed by atoms with van der Waals surface area (Å²) in [7, 11) is 0. The molecule has 0 saturated carbocycles. The van der Waals surface area contributed by atoms with Crippen LogP contribution in [0, 0.1) is 0 Å². The van der Waals surface area contributed by atoms with Crippen LogP contribution >= 0.6 is 0 Å². The largest absolute Gasteiger partial charge is 0.356 e. The Labute approximate surface area is 188 Å². The van der Waals surface area contributed by atoms with E-state index in [0.29, 0.717) is 0 Å².